The van der Waals surface area contributed by atoms with E-state index in [1.54, 1.807) is 0 Å². The predicted molar refractivity (Wildman–Crippen MR) is 136 cm³/mol. The van der Waals surface area contributed by atoms with Gasteiger partial charge in [-0.2, -0.15) is 0 Å². The minimum Gasteiger partial charge on any atom is -0.396 e. The van der Waals surface area contributed by atoms with Crippen LogP contribution in [0, 0.1) is 17.3 Å². The number of allylic oxidation sites excluding steroid dienone is 3. The zero-order valence-electron chi connectivity index (χ0n) is 21.6. The second kappa shape index (κ2) is 11.8. The van der Waals surface area contributed by atoms with E-state index in [2.05, 4.69) is 25.7 Å². The standard InChI is InChI=1S/C29H48O5/c1-20-22(19-25(31)27(26(20)32)34-18-8-17-30)12-11-21-9-7-16-29(4)23(13-14-24(21)29)10-5-6-15-28(2,3)33/h11-12,23-27,30-33H,1,5-10,13-19H2,2-4H3/b21-11+,22-12-/t23-,24-,25+,26+,27+,29+/m0/s1. The van der Waals surface area contributed by atoms with Crippen molar-refractivity contribution in [1.29, 1.82) is 0 Å². The van der Waals surface area contributed by atoms with Crippen molar-refractivity contribution in [2.24, 2.45) is 17.3 Å². The van der Waals surface area contributed by atoms with E-state index in [9.17, 15) is 15.3 Å². The predicted octanol–water partition coefficient (Wildman–Crippen LogP) is 4.84. The number of aliphatic hydroxyl groups is 4. The highest BCUT2D eigenvalue weighted by molar-refractivity contribution is 5.40. The first-order valence-electron chi connectivity index (χ1n) is 13.5. The third-order valence-electron chi connectivity index (χ3n) is 8.75. The van der Waals surface area contributed by atoms with Gasteiger partial charge in [-0.15, -0.1) is 0 Å². The highest BCUT2D eigenvalue weighted by Crippen LogP contribution is 2.58. The normalized spacial score (nSPS) is 36.9. The van der Waals surface area contributed by atoms with E-state index in [1.165, 1.54) is 44.1 Å². The molecule has 6 atom stereocenters. The summed E-state index contributed by atoms with van der Waals surface area (Å²) in [6.07, 6.45) is 13.4. The SMILES string of the molecule is C=C1/C(=C\C=C2/CCC[C@]3(C)[C@@H](CCCCC(C)(C)O)CC[C@@H]23)C[C@@H](O)[C@@H](OCCCO)[C@@H]1O. The van der Waals surface area contributed by atoms with Crippen molar-refractivity contribution in [2.45, 2.75) is 115 Å². The molecule has 194 valence electrons. The molecule has 5 nitrogen and oxygen atoms in total. The summed E-state index contributed by atoms with van der Waals surface area (Å²) < 4.78 is 5.62. The van der Waals surface area contributed by atoms with E-state index in [0.717, 1.165) is 30.8 Å². The van der Waals surface area contributed by atoms with Crippen LogP contribution < -0.4 is 0 Å². The monoisotopic (exact) mass is 476 g/mol. The first-order chi connectivity index (χ1) is 16.1. The van der Waals surface area contributed by atoms with Crippen LogP contribution in [0.25, 0.3) is 0 Å². The highest BCUT2D eigenvalue weighted by Gasteiger charge is 2.48. The summed E-state index contributed by atoms with van der Waals surface area (Å²) in [5.41, 5.74) is 2.84. The molecule has 3 fully saturated rings. The van der Waals surface area contributed by atoms with Crippen molar-refractivity contribution < 1.29 is 25.2 Å². The molecular weight excluding hydrogens is 428 g/mol. The summed E-state index contributed by atoms with van der Waals surface area (Å²) in [6, 6.07) is 0. The van der Waals surface area contributed by atoms with Crippen LogP contribution in [0.15, 0.2) is 35.5 Å². The number of fused-ring (bicyclic) bond motifs is 1. The Morgan fingerprint density at radius 2 is 1.91 bits per heavy atom. The van der Waals surface area contributed by atoms with Crippen molar-refractivity contribution in [3.8, 4) is 0 Å². The van der Waals surface area contributed by atoms with Crippen LogP contribution in [0.2, 0.25) is 0 Å². The Morgan fingerprint density at radius 3 is 2.62 bits per heavy atom. The van der Waals surface area contributed by atoms with Crippen LogP contribution in [-0.2, 0) is 4.74 Å². The minimum absolute atomic E-state index is 0.0281. The quantitative estimate of drug-likeness (QED) is 0.339. The number of ether oxygens (including phenoxy) is 1. The molecule has 0 aromatic carbocycles. The average Bonchev–Trinajstić information content (AvgIpc) is 3.11. The largest absolute Gasteiger partial charge is 0.396 e. The van der Waals surface area contributed by atoms with Gasteiger partial charge in [0.05, 0.1) is 11.7 Å². The van der Waals surface area contributed by atoms with E-state index < -0.39 is 23.9 Å². The topological polar surface area (TPSA) is 90.2 Å². The first kappa shape index (κ1) is 27.6. The smallest absolute Gasteiger partial charge is 0.114 e. The lowest BCUT2D eigenvalue weighted by atomic mass is 9.62. The maximum absolute atomic E-state index is 10.7. The van der Waals surface area contributed by atoms with Gasteiger partial charge in [-0.05, 0) is 93.6 Å². The van der Waals surface area contributed by atoms with Gasteiger partial charge in [-0.1, -0.05) is 44.1 Å². The number of aliphatic hydroxyl groups excluding tert-OH is 3. The molecule has 0 radical (unpaired) electrons. The molecular formula is C29H48O5. The molecule has 0 amide bonds. The number of unbranched alkanes of at least 4 members (excludes halogenated alkanes) is 1. The summed E-state index contributed by atoms with van der Waals surface area (Å²) in [7, 11) is 0. The molecule has 3 aliphatic rings. The molecule has 34 heavy (non-hydrogen) atoms. The van der Waals surface area contributed by atoms with E-state index in [-0.39, 0.29) is 6.61 Å². The van der Waals surface area contributed by atoms with Gasteiger partial charge < -0.3 is 25.2 Å². The fourth-order valence-electron chi connectivity index (χ4n) is 6.71. The van der Waals surface area contributed by atoms with E-state index >= 15 is 0 Å². The third-order valence-corrected chi connectivity index (χ3v) is 8.75. The van der Waals surface area contributed by atoms with Crippen LogP contribution in [-0.4, -0.2) is 57.6 Å². The summed E-state index contributed by atoms with van der Waals surface area (Å²) in [4.78, 5) is 0. The summed E-state index contributed by atoms with van der Waals surface area (Å²) in [5, 5.41) is 40.2. The highest BCUT2D eigenvalue weighted by atomic mass is 16.5. The summed E-state index contributed by atoms with van der Waals surface area (Å²) in [6.45, 7) is 10.7. The molecule has 4 N–H and O–H groups in total. The average molecular weight is 477 g/mol. The summed E-state index contributed by atoms with van der Waals surface area (Å²) >= 11 is 0. The fourth-order valence-corrected chi connectivity index (χ4v) is 6.71. The second-order valence-corrected chi connectivity index (χ2v) is 11.8. The lowest BCUT2D eigenvalue weighted by Gasteiger charge is -2.42. The van der Waals surface area contributed by atoms with Gasteiger partial charge in [-0.25, -0.2) is 0 Å². The second-order valence-electron chi connectivity index (χ2n) is 11.8. The molecule has 0 spiro atoms. The van der Waals surface area contributed by atoms with Gasteiger partial charge in [-0.3, -0.25) is 0 Å². The molecule has 3 saturated carbocycles. The molecule has 0 saturated heterocycles. The van der Waals surface area contributed by atoms with Gasteiger partial charge in [0.15, 0.2) is 0 Å². The van der Waals surface area contributed by atoms with Crippen LogP contribution in [0.4, 0.5) is 0 Å². The summed E-state index contributed by atoms with van der Waals surface area (Å²) in [5.74, 6) is 1.36. The number of hydrogen-bond acceptors (Lipinski definition) is 5. The lowest BCUT2D eigenvalue weighted by molar-refractivity contribution is -0.0968. The molecule has 0 aromatic heterocycles. The van der Waals surface area contributed by atoms with Gasteiger partial charge in [0, 0.05) is 19.6 Å². The van der Waals surface area contributed by atoms with Gasteiger partial charge in [0.2, 0.25) is 0 Å². The van der Waals surface area contributed by atoms with Crippen LogP contribution in [0.5, 0.6) is 0 Å². The molecule has 5 heteroatoms. The molecule has 0 heterocycles. The Labute approximate surface area is 206 Å². The zero-order chi connectivity index (χ0) is 24.9. The van der Waals surface area contributed by atoms with E-state index in [1.807, 2.05) is 13.8 Å². The lowest BCUT2D eigenvalue weighted by Crippen LogP contribution is -2.45. The molecule has 0 aliphatic heterocycles. The van der Waals surface area contributed by atoms with Gasteiger partial charge in [0.25, 0.3) is 0 Å². The fraction of sp³-hybridized carbons (Fsp3) is 0.793. The van der Waals surface area contributed by atoms with Crippen molar-refractivity contribution in [3.05, 3.63) is 35.5 Å². The van der Waals surface area contributed by atoms with E-state index in [4.69, 9.17) is 9.84 Å². The van der Waals surface area contributed by atoms with Gasteiger partial charge in [0.1, 0.15) is 12.2 Å². The maximum Gasteiger partial charge on any atom is 0.114 e. The number of rotatable bonds is 10. The Bertz CT molecular complexity index is 748. The van der Waals surface area contributed by atoms with Crippen LogP contribution >= 0.6 is 0 Å². The Balaban J connectivity index is 1.63. The molecule has 0 unspecified atom stereocenters. The van der Waals surface area contributed by atoms with Crippen molar-refractivity contribution in [1.82, 2.24) is 0 Å². The molecule has 0 aromatic rings. The minimum atomic E-state index is -0.927. The van der Waals surface area contributed by atoms with Crippen LogP contribution in [0.1, 0.15) is 91.4 Å². The maximum atomic E-state index is 10.7. The third kappa shape index (κ3) is 6.61. The van der Waals surface area contributed by atoms with Crippen LogP contribution in [0.3, 0.4) is 0 Å². The first-order valence-corrected chi connectivity index (χ1v) is 13.5. The van der Waals surface area contributed by atoms with E-state index in [0.29, 0.717) is 36.4 Å². The Morgan fingerprint density at radius 1 is 1.15 bits per heavy atom. The Hall–Kier alpha value is -0.980. The molecule has 0 bridgehead atoms. The number of hydrogen-bond donors (Lipinski definition) is 4. The zero-order valence-corrected chi connectivity index (χ0v) is 21.6. The van der Waals surface area contributed by atoms with Crippen molar-refractivity contribution >= 4 is 0 Å². The molecule has 3 aliphatic carbocycles. The molecule has 3 rings (SSSR count). The van der Waals surface area contributed by atoms with Crippen molar-refractivity contribution in [2.75, 3.05) is 13.2 Å². The Kier molecular flexibility index (Phi) is 9.61. The van der Waals surface area contributed by atoms with Gasteiger partial charge >= 0.3 is 0 Å². The van der Waals surface area contributed by atoms with Crippen molar-refractivity contribution in [3.63, 3.8) is 0 Å².